The number of pyridine rings is 1. The third kappa shape index (κ3) is 4.52. The van der Waals surface area contributed by atoms with Gasteiger partial charge in [0.15, 0.2) is 0 Å². The fraction of sp³-hybridized carbons (Fsp3) is 0.500. The molecule has 1 fully saturated rings. The lowest BCUT2D eigenvalue weighted by Crippen LogP contribution is -2.40. The number of hydrogen-bond donors (Lipinski definition) is 2. The summed E-state index contributed by atoms with van der Waals surface area (Å²) in [6.07, 6.45) is 3.99. The van der Waals surface area contributed by atoms with Gasteiger partial charge in [-0.2, -0.15) is 0 Å². The van der Waals surface area contributed by atoms with Crippen LogP contribution >= 0.6 is 23.1 Å². The average Bonchev–Trinajstić information content (AvgIpc) is 2.93. The van der Waals surface area contributed by atoms with Gasteiger partial charge >= 0.3 is 0 Å². The number of aryl methyl sites for hydroxylation is 3. The molecule has 2 aromatic heterocycles. The molecule has 3 rings (SSSR count). The Balaban J connectivity index is 1.55. The van der Waals surface area contributed by atoms with Crippen LogP contribution in [0, 0.1) is 20.8 Å². The molecule has 0 unspecified atom stereocenters. The zero-order valence-electron chi connectivity index (χ0n) is 14.7. The molecule has 25 heavy (non-hydrogen) atoms. The van der Waals surface area contributed by atoms with Crippen LogP contribution in [0.1, 0.15) is 53.0 Å². The summed E-state index contributed by atoms with van der Waals surface area (Å²) in [6.45, 7) is 5.64. The lowest BCUT2D eigenvalue weighted by atomic mass is 9.94. The molecular weight excluding hydrogens is 354 g/mol. The highest BCUT2D eigenvalue weighted by atomic mass is 32.2. The first-order chi connectivity index (χ1) is 11.9. The van der Waals surface area contributed by atoms with Crippen LogP contribution in [-0.2, 0) is 0 Å². The van der Waals surface area contributed by atoms with E-state index >= 15 is 0 Å². The van der Waals surface area contributed by atoms with Gasteiger partial charge < -0.3 is 10.3 Å². The van der Waals surface area contributed by atoms with Crippen molar-refractivity contribution in [2.45, 2.75) is 62.1 Å². The van der Waals surface area contributed by atoms with E-state index in [1.807, 2.05) is 31.7 Å². The lowest BCUT2D eigenvalue weighted by molar-refractivity contribution is 0.0926. The zero-order valence-corrected chi connectivity index (χ0v) is 16.4. The first-order valence-corrected chi connectivity index (χ1v) is 10.3. The molecule has 5 nitrogen and oxygen atoms in total. The maximum Gasteiger partial charge on any atom is 0.261 e. The summed E-state index contributed by atoms with van der Waals surface area (Å²) >= 11 is 3.55. The van der Waals surface area contributed by atoms with E-state index in [-0.39, 0.29) is 23.1 Å². The molecule has 2 aromatic rings. The molecule has 0 bridgehead atoms. The smallest absolute Gasteiger partial charge is 0.261 e. The number of aromatic amines is 1. The number of aromatic nitrogens is 2. The van der Waals surface area contributed by atoms with E-state index in [2.05, 4.69) is 20.7 Å². The second-order valence-corrected chi connectivity index (χ2v) is 9.06. The molecule has 1 aliphatic carbocycles. The van der Waals surface area contributed by atoms with Crippen molar-refractivity contribution >= 4 is 29.0 Å². The number of nitrogens with one attached hydrogen (secondary N) is 2. The molecule has 134 valence electrons. The summed E-state index contributed by atoms with van der Waals surface area (Å²) in [4.78, 5) is 31.8. The second kappa shape index (κ2) is 7.74. The van der Waals surface area contributed by atoms with Crippen LogP contribution in [0.2, 0.25) is 0 Å². The standard InChI is InChI=1S/C18H23N3O2S2/c1-10-8-11(2)19-16(22)15(10)17(23)21-13-4-6-14(7-5-13)25-18-20-12(3)9-24-18/h8-9,13-14H,4-7H2,1-3H3,(H,19,22)(H,21,23). The van der Waals surface area contributed by atoms with E-state index < -0.39 is 0 Å². The molecule has 1 amide bonds. The Morgan fingerprint density at radius 2 is 2.00 bits per heavy atom. The third-order valence-electron chi connectivity index (χ3n) is 4.47. The van der Waals surface area contributed by atoms with Gasteiger partial charge in [-0.3, -0.25) is 9.59 Å². The van der Waals surface area contributed by atoms with Gasteiger partial charge in [-0.05, 0) is 58.1 Å². The van der Waals surface area contributed by atoms with Crippen molar-refractivity contribution in [3.05, 3.63) is 44.3 Å². The molecule has 0 aliphatic heterocycles. The molecule has 0 spiro atoms. The quantitative estimate of drug-likeness (QED) is 0.854. The number of carbonyl (C=O) groups is 1. The van der Waals surface area contributed by atoms with Crippen LogP contribution in [-0.4, -0.2) is 27.2 Å². The maximum absolute atomic E-state index is 12.5. The molecule has 2 heterocycles. The average molecular weight is 378 g/mol. The minimum absolute atomic E-state index is 0.141. The van der Waals surface area contributed by atoms with Crippen molar-refractivity contribution < 1.29 is 4.79 Å². The SMILES string of the molecule is Cc1csc(SC2CCC(NC(=O)c3c(C)cc(C)[nH]c3=O)CC2)n1. The first kappa shape index (κ1) is 18.2. The highest BCUT2D eigenvalue weighted by Crippen LogP contribution is 2.35. The Morgan fingerprint density at radius 3 is 2.60 bits per heavy atom. The van der Waals surface area contributed by atoms with Gasteiger partial charge in [0.1, 0.15) is 9.90 Å². The number of thiazole rings is 1. The van der Waals surface area contributed by atoms with Crippen molar-refractivity contribution in [3.63, 3.8) is 0 Å². The van der Waals surface area contributed by atoms with E-state index in [9.17, 15) is 9.59 Å². The van der Waals surface area contributed by atoms with E-state index in [1.165, 1.54) is 0 Å². The van der Waals surface area contributed by atoms with Crippen molar-refractivity contribution in [2.24, 2.45) is 0 Å². The number of carbonyl (C=O) groups excluding carboxylic acids is 1. The van der Waals surface area contributed by atoms with Crippen LogP contribution < -0.4 is 10.9 Å². The monoisotopic (exact) mass is 377 g/mol. The van der Waals surface area contributed by atoms with Crippen LogP contribution in [0.5, 0.6) is 0 Å². The Hall–Kier alpha value is -1.60. The van der Waals surface area contributed by atoms with Crippen LogP contribution in [0.4, 0.5) is 0 Å². The van der Waals surface area contributed by atoms with Gasteiger partial charge in [0.05, 0.1) is 0 Å². The highest BCUT2D eigenvalue weighted by molar-refractivity contribution is 8.01. The summed E-state index contributed by atoms with van der Waals surface area (Å²) in [5, 5.41) is 5.68. The van der Waals surface area contributed by atoms with Gasteiger partial charge in [0, 0.05) is 28.1 Å². The zero-order chi connectivity index (χ0) is 18.0. The maximum atomic E-state index is 12.5. The minimum Gasteiger partial charge on any atom is -0.349 e. The van der Waals surface area contributed by atoms with E-state index in [0.717, 1.165) is 47.0 Å². The van der Waals surface area contributed by atoms with E-state index in [0.29, 0.717) is 5.25 Å². The number of rotatable bonds is 4. The Labute approximate surface area is 155 Å². The van der Waals surface area contributed by atoms with Gasteiger partial charge in [0.2, 0.25) is 0 Å². The summed E-state index contributed by atoms with van der Waals surface area (Å²) in [7, 11) is 0. The fourth-order valence-corrected chi connectivity index (χ4v) is 5.53. The van der Waals surface area contributed by atoms with Crippen molar-refractivity contribution in [1.29, 1.82) is 0 Å². The number of thioether (sulfide) groups is 1. The Morgan fingerprint density at radius 1 is 1.28 bits per heavy atom. The molecular formula is C18H23N3O2S2. The number of hydrogen-bond acceptors (Lipinski definition) is 5. The molecule has 1 aliphatic rings. The molecule has 7 heteroatoms. The fourth-order valence-electron chi connectivity index (χ4n) is 3.25. The normalized spacial score (nSPS) is 20.4. The van der Waals surface area contributed by atoms with Gasteiger partial charge in [-0.1, -0.05) is 11.8 Å². The highest BCUT2D eigenvalue weighted by Gasteiger charge is 2.25. The second-order valence-electron chi connectivity index (χ2n) is 6.66. The van der Waals surface area contributed by atoms with E-state index in [1.54, 1.807) is 18.3 Å². The topological polar surface area (TPSA) is 74.8 Å². The summed E-state index contributed by atoms with van der Waals surface area (Å²) in [5.74, 6) is -0.259. The molecule has 1 saturated carbocycles. The molecule has 0 saturated heterocycles. The minimum atomic E-state index is -0.307. The molecule has 2 N–H and O–H groups in total. The van der Waals surface area contributed by atoms with Crippen molar-refractivity contribution in [2.75, 3.05) is 0 Å². The Bertz CT molecular complexity index is 820. The molecule has 0 aromatic carbocycles. The summed E-state index contributed by atoms with van der Waals surface area (Å²) in [6, 6.07) is 1.97. The van der Waals surface area contributed by atoms with Crippen molar-refractivity contribution in [3.8, 4) is 0 Å². The van der Waals surface area contributed by atoms with E-state index in [4.69, 9.17) is 0 Å². The molecule has 0 atom stereocenters. The Kier molecular flexibility index (Phi) is 5.64. The summed E-state index contributed by atoms with van der Waals surface area (Å²) < 4.78 is 1.13. The van der Waals surface area contributed by atoms with Gasteiger partial charge in [0.25, 0.3) is 11.5 Å². The van der Waals surface area contributed by atoms with Crippen LogP contribution in [0.3, 0.4) is 0 Å². The number of amides is 1. The van der Waals surface area contributed by atoms with Crippen LogP contribution in [0.15, 0.2) is 20.6 Å². The number of nitrogens with zero attached hydrogens (tertiary/aromatic N) is 1. The predicted octanol–water partition coefficient (Wildman–Crippen LogP) is 3.59. The number of H-pyrrole nitrogens is 1. The van der Waals surface area contributed by atoms with Gasteiger partial charge in [-0.15, -0.1) is 11.3 Å². The third-order valence-corrected chi connectivity index (χ3v) is 6.89. The predicted molar refractivity (Wildman–Crippen MR) is 103 cm³/mol. The molecule has 0 radical (unpaired) electrons. The van der Waals surface area contributed by atoms with Crippen LogP contribution in [0.25, 0.3) is 0 Å². The largest absolute Gasteiger partial charge is 0.349 e. The van der Waals surface area contributed by atoms with Gasteiger partial charge in [-0.25, -0.2) is 4.98 Å². The summed E-state index contributed by atoms with van der Waals surface area (Å²) in [5.41, 5.74) is 2.50. The van der Waals surface area contributed by atoms with Crippen molar-refractivity contribution in [1.82, 2.24) is 15.3 Å². The first-order valence-electron chi connectivity index (χ1n) is 8.52. The lowest BCUT2D eigenvalue weighted by Gasteiger charge is -2.28.